The fraction of sp³-hybridized carbons (Fsp3) is 0.667. The van der Waals surface area contributed by atoms with E-state index in [-0.39, 0.29) is 17.6 Å². The monoisotopic (exact) mass is 461 g/mol. The molecule has 3 heterocycles. The van der Waals surface area contributed by atoms with Gasteiger partial charge in [-0.1, -0.05) is 6.92 Å². The molecule has 7 nitrogen and oxygen atoms in total. The number of rotatable bonds is 7. The number of alkyl halides is 2. The van der Waals surface area contributed by atoms with E-state index in [1.165, 1.54) is 31.0 Å². The van der Waals surface area contributed by atoms with E-state index in [0.29, 0.717) is 29.4 Å². The highest BCUT2D eigenvalue weighted by Gasteiger charge is 2.58. The molecule has 0 aromatic carbocycles. The predicted octanol–water partition coefficient (Wildman–Crippen LogP) is 4.66. The molecule has 33 heavy (non-hydrogen) atoms. The van der Waals surface area contributed by atoms with Gasteiger partial charge in [0.1, 0.15) is 0 Å². The van der Waals surface area contributed by atoms with Crippen LogP contribution in [-0.4, -0.2) is 52.2 Å². The summed E-state index contributed by atoms with van der Waals surface area (Å²) in [5, 5.41) is 4.87. The Balaban J connectivity index is 1.36. The van der Waals surface area contributed by atoms with Gasteiger partial charge in [-0.25, -0.2) is 4.98 Å². The highest BCUT2D eigenvalue weighted by molar-refractivity contribution is 5.64. The minimum Gasteiger partial charge on any atom is -0.431 e. The number of aromatic nitrogens is 3. The average molecular weight is 462 g/mol. The minimum atomic E-state index is -2.95. The second-order valence-electron chi connectivity index (χ2n) is 9.68. The van der Waals surface area contributed by atoms with E-state index >= 15 is 0 Å². The first kappa shape index (κ1) is 22.5. The lowest BCUT2D eigenvalue weighted by Gasteiger charge is -2.28. The van der Waals surface area contributed by atoms with Crippen molar-refractivity contribution in [2.75, 3.05) is 25.6 Å². The smallest absolute Gasteiger partial charge is 0.387 e. The highest BCUT2D eigenvalue weighted by atomic mass is 19.3. The van der Waals surface area contributed by atoms with Crippen LogP contribution in [0.2, 0.25) is 0 Å². The molecule has 180 valence electrons. The summed E-state index contributed by atoms with van der Waals surface area (Å²) in [6.07, 6.45) is 7.31. The summed E-state index contributed by atoms with van der Waals surface area (Å²) >= 11 is 0. The lowest BCUT2D eigenvalue weighted by molar-refractivity contribution is -0.0494. The van der Waals surface area contributed by atoms with Crippen molar-refractivity contribution in [3.8, 4) is 17.0 Å². The van der Waals surface area contributed by atoms with Gasteiger partial charge in [0.15, 0.2) is 11.6 Å². The van der Waals surface area contributed by atoms with Gasteiger partial charge < -0.3 is 15.2 Å². The maximum atomic E-state index is 12.8. The molecule has 9 heteroatoms. The Morgan fingerprint density at radius 3 is 2.76 bits per heavy atom. The summed E-state index contributed by atoms with van der Waals surface area (Å²) in [7, 11) is 0. The predicted molar refractivity (Wildman–Crippen MR) is 121 cm³/mol. The number of ether oxygens (including phenoxy) is 2. The molecule has 2 aliphatic carbocycles. The highest BCUT2D eigenvalue weighted by Crippen LogP contribution is 2.64. The van der Waals surface area contributed by atoms with Crippen LogP contribution in [0.4, 0.5) is 14.6 Å². The topological polar surface area (TPSA) is 78.4 Å². The molecule has 3 atom stereocenters. The zero-order chi connectivity index (χ0) is 23.1. The second kappa shape index (κ2) is 9.18. The van der Waals surface area contributed by atoms with E-state index in [1.54, 1.807) is 6.20 Å². The summed E-state index contributed by atoms with van der Waals surface area (Å²) < 4.78 is 38.0. The Kier molecular flexibility index (Phi) is 6.26. The lowest BCUT2D eigenvalue weighted by Crippen LogP contribution is -2.36. The van der Waals surface area contributed by atoms with E-state index in [9.17, 15) is 8.78 Å². The van der Waals surface area contributed by atoms with Crippen molar-refractivity contribution in [2.45, 2.75) is 70.6 Å². The van der Waals surface area contributed by atoms with Crippen molar-refractivity contribution in [3.63, 3.8) is 0 Å². The van der Waals surface area contributed by atoms with Gasteiger partial charge in [-0.15, -0.1) is 0 Å². The van der Waals surface area contributed by atoms with E-state index in [4.69, 9.17) is 15.6 Å². The standard InChI is InChI=1S/C24H33F2N5O2/c1-3-14(2)31-20(11-19(29-31)15-8-21(33-24(25)26)23(27)28-12-15)22-17-9-16(10-18(17)22)30-6-4-5-7-32-13-30/h8,11-12,14,16-18,22,24H,3-7,9-10,13H2,1-2H3,(H2,27,28). The molecule has 0 radical (unpaired) electrons. The summed E-state index contributed by atoms with van der Waals surface area (Å²) in [4.78, 5) is 6.58. The summed E-state index contributed by atoms with van der Waals surface area (Å²) in [5.74, 6) is 1.68. The third-order valence-electron chi connectivity index (χ3n) is 7.69. The number of fused-ring (bicyclic) bond motifs is 1. The fourth-order valence-corrected chi connectivity index (χ4v) is 5.71. The van der Waals surface area contributed by atoms with Crippen molar-refractivity contribution < 1.29 is 18.3 Å². The molecule has 0 spiro atoms. The molecule has 1 saturated heterocycles. The van der Waals surface area contributed by atoms with Gasteiger partial charge >= 0.3 is 6.61 Å². The van der Waals surface area contributed by atoms with Crippen molar-refractivity contribution in [2.24, 2.45) is 11.8 Å². The van der Waals surface area contributed by atoms with Crippen LogP contribution in [-0.2, 0) is 4.74 Å². The molecular weight excluding hydrogens is 428 g/mol. The normalized spacial score (nSPS) is 28.5. The van der Waals surface area contributed by atoms with Gasteiger partial charge in [0, 0.05) is 48.6 Å². The molecule has 0 bridgehead atoms. The minimum absolute atomic E-state index is 0.0547. The third-order valence-corrected chi connectivity index (χ3v) is 7.69. The largest absolute Gasteiger partial charge is 0.431 e. The Labute approximate surface area is 193 Å². The Bertz CT molecular complexity index is 964. The average Bonchev–Trinajstić information content (AvgIpc) is 3.14. The molecule has 2 aromatic heterocycles. The van der Waals surface area contributed by atoms with Crippen LogP contribution < -0.4 is 10.5 Å². The molecule has 2 saturated carbocycles. The first-order valence-electron chi connectivity index (χ1n) is 12.1. The quantitative estimate of drug-likeness (QED) is 0.646. The molecule has 3 fully saturated rings. The van der Waals surface area contributed by atoms with Crippen molar-refractivity contribution in [1.82, 2.24) is 19.7 Å². The van der Waals surface area contributed by atoms with Gasteiger partial charge in [-0.05, 0) is 63.0 Å². The van der Waals surface area contributed by atoms with E-state index in [2.05, 4.69) is 39.2 Å². The molecular formula is C24H33F2N5O2. The van der Waals surface area contributed by atoms with Gasteiger partial charge in [0.05, 0.1) is 12.4 Å². The van der Waals surface area contributed by atoms with E-state index < -0.39 is 6.61 Å². The molecule has 5 rings (SSSR count). The van der Waals surface area contributed by atoms with Gasteiger partial charge in [0.2, 0.25) is 0 Å². The van der Waals surface area contributed by atoms with Gasteiger partial charge in [-0.3, -0.25) is 9.58 Å². The van der Waals surface area contributed by atoms with Gasteiger partial charge in [0.25, 0.3) is 0 Å². The van der Waals surface area contributed by atoms with E-state index in [1.807, 2.05) is 0 Å². The summed E-state index contributed by atoms with van der Waals surface area (Å²) in [6, 6.07) is 4.48. The number of nitrogen functional groups attached to an aromatic ring is 1. The zero-order valence-electron chi connectivity index (χ0n) is 19.3. The van der Waals surface area contributed by atoms with Crippen LogP contribution in [0.1, 0.15) is 63.6 Å². The van der Waals surface area contributed by atoms with Crippen LogP contribution in [0.15, 0.2) is 18.3 Å². The zero-order valence-corrected chi connectivity index (χ0v) is 19.3. The molecule has 2 aromatic rings. The first-order valence-corrected chi connectivity index (χ1v) is 12.1. The fourth-order valence-electron chi connectivity index (χ4n) is 5.71. The number of nitrogens with two attached hydrogens (primary N) is 1. The number of hydrogen-bond acceptors (Lipinski definition) is 6. The molecule has 2 N–H and O–H groups in total. The summed E-state index contributed by atoms with van der Waals surface area (Å²) in [6.45, 7) is 4.14. The number of pyridine rings is 1. The van der Waals surface area contributed by atoms with Crippen LogP contribution in [0.5, 0.6) is 5.75 Å². The van der Waals surface area contributed by atoms with Crippen LogP contribution in [0, 0.1) is 11.8 Å². The first-order chi connectivity index (χ1) is 16.0. The number of nitrogens with zero attached hydrogens (tertiary/aromatic N) is 4. The van der Waals surface area contributed by atoms with E-state index in [0.717, 1.165) is 38.4 Å². The number of hydrogen-bond donors (Lipinski definition) is 1. The number of anilines is 1. The lowest BCUT2D eigenvalue weighted by atomic mass is 10.0. The Morgan fingerprint density at radius 2 is 2.03 bits per heavy atom. The summed E-state index contributed by atoms with van der Waals surface area (Å²) in [5.41, 5.74) is 8.32. The molecule has 3 aliphatic rings. The number of halogens is 2. The SMILES string of the molecule is CCC(C)n1nc(-c2cnc(N)c(OC(F)F)c2)cc1C1C2CC(N3CCCCOC3)CC21. The third kappa shape index (κ3) is 4.45. The van der Waals surface area contributed by atoms with Crippen LogP contribution in [0.25, 0.3) is 11.3 Å². The van der Waals surface area contributed by atoms with Crippen molar-refractivity contribution in [1.29, 1.82) is 0 Å². The van der Waals surface area contributed by atoms with Crippen molar-refractivity contribution in [3.05, 3.63) is 24.0 Å². The van der Waals surface area contributed by atoms with Crippen molar-refractivity contribution >= 4 is 5.82 Å². The molecule has 1 aliphatic heterocycles. The Hall–Kier alpha value is -2.26. The maximum absolute atomic E-state index is 12.8. The van der Waals surface area contributed by atoms with Crippen LogP contribution >= 0.6 is 0 Å². The maximum Gasteiger partial charge on any atom is 0.387 e. The van der Waals surface area contributed by atoms with Gasteiger partial charge in [-0.2, -0.15) is 13.9 Å². The Morgan fingerprint density at radius 1 is 1.24 bits per heavy atom. The molecule has 3 unspecified atom stereocenters. The molecule has 0 amide bonds. The van der Waals surface area contributed by atoms with Crippen LogP contribution in [0.3, 0.4) is 0 Å². The second-order valence-corrected chi connectivity index (χ2v) is 9.68.